The third-order valence-corrected chi connectivity index (χ3v) is 7.90. The third-order valence-electron chi connectivity index (χ3n) is 7.31. The Bertz CT molecular complexity index is 1560. The highest BCUT2D eigenvalue weighted by atomic mass is 32.2. The molecule has 12 heteroatoms. The van der Waals surface area contributed by atoms with Crippen molar-refractivity contribution in [1.29, 1.82) is 0 Å². The summed E-state index contributed by atoms with van der Waals surface area (Å²) in [6.07, 6.45) is 9.64. The van der Waals surface area contributed by atoms with Crippen molar-refractivity contribution in [3.05, 3.63) is 54.5 Å². The fraction of sp³-hybridized carbons (Fsp3) is 0.407. The minimum Gasteiger partial charge on any atom is -0.364 e. The Labute approximate surface area is 228 Å². The minimum atomic E-state index is -3.40. The van der Waals surface area contributed by atoms with Gasteiger partial charge in [-0.1, -0.05) is 37.1 Å². The molecule has 1 aliphatic heterocycles. The molecule has 0 atom stereocenters. The van der Waals surface area contributed by atoms with E-state index in [1.54, 1.807) is 18.3 Å². The van der Waals surface area contributed by atoms with Crippen molar-refractivity contribution in [2.24, 2.45) is 0 Å². The highest BCUT2D eigenvalue weighted by Crippen LogP contribution is 2.33. The average molecular weight is 548 g/mol. The van der Waals surface area contributed by atoms with Crippen molar-refractivity contribution in [3.8, 4) is 11.3 Å². The quantitative estimate of drug-likeness (QED) is 0.304. The Hall–Kier alpha value is -3.77. The molecule has 0 amide bonds. The van der Waals surface area contributed by atoms with Crippen LogP contribution in [-0.4, -0.2) is 65.4 Å². The van der Waals surface area contributed by atoms with Gasteiger partial charge in [-0.05, 0) is 30.5 Å². The summed E-state index contributed by atoms with van der Waals surface area (Å²) >= 11 is 0. The van der Waals surface area contributed by atoms with Crippen LogP contribution in [0.4, 0.5) is 17.5 Å². The lowest BCUT2D eigenvalue weighted by molar-refractivity contribution is 0.528. The number of fused-ring (bicyclic) bond motifs is 1. The molecule has 3 N–H and O–H groups in total. The number of benzene rings is 1. The summed E-state index contributed by atoms with van der Waals surface area (Å²) in [5.74, 6) is 1.45. The van der Waals surface area contributed by atoms with E-state index in [9.17, 15) is 8.42 Å². The van der Waals surface area contributed by atoms with Gasteiger partial charge in [-0.25, -0.2) is 13.4 Å². The molecule has 2 aliphatic rings. The van der Waals surface area contributed by atoms with E-state index in [0.717, 1.165) is 79.3 Å². The molecule has 0 radical (unpaired) electrons. The van der Waals surface area contributed by atoms with Crippen LogP contribution in [0.25, 0.3) is 22.4 Å². The lowest BCUT2D eigenvalue weighted by Gasteiger charge is -2.27. The zero-order valence-electron chi connectivity index (χ0n) is 22.0. The predicted molar refractivity (Wildman–Crippen MR) is 153 cm³/mol. The standard InChI is InChI=1S/C27H33N9O2S/c1-39(37,38)34-23-9-5-4-8-21(23)22-11-10-19(16-29-22)17-30-25-24-26(36(18-31-24)20-6-2-3-7-20)33-27(32-25)35-14-12-28-13-15-35/h4-5,8-11,16,18,20,28,34H,2-3,6-7,12-15,17H2,1H3,(H,30,32,33). The first-order chi connectivity index (χ1) is 18.9. The van der Waals surface area contributed by atoms with Crippen LogP contribution in [0.2, 0.25) is 0 Å². The van der Waals surface area contributed by atoms with E-state index in [0.29, 0.717) is 24.0 Å². The lowest BCUT2D eigenvalue weighted by Crippen LogP contribution is -2.44. The number of imidazole rings is 1. The average Bonchev–Trinajstić information content (AvgIpc) is 3.62. The highest BCUT2D eigenvalue weighted by molar-refractivity contribution is 7.92. The normalized spacial score (nSPS) is 16.6. The number of piperazine rings is 1. The Balaban J connectivity index is 1.26. The first-order valence-corrected chi connectivity index (χ1v) is 15.3. The number of aromatic nitrogens is 5. The maximum atomic E-state index is 11.8. The summed E-state index contributed by atoms with van der Waals surface area (Å²) in [7, 11) is -3.40. The molecule has 0 bridgehead atoms. The SMILES string of the molecule is CS(=O)(=O)Nc1ccccc1-c1ccc(CNc2nc(N3CCNCC3)nc3c2ncn3C2CCCC2)cn1. The Morgan fingerprint density at radius 1 is 1.03 bits per heavy atom. The van der Waals surface area contributed by atoms with Crippen LogP contribution in [0.5, 0.6) is 0 Å². The van der Waals surface area contributed by atoms with E-state index < -0.39 is 10.0 Å². The maximum Gasteiger partial charge on any atom is 0.229 e. The Morgan fingerprint density at radius 2 is 1.82 bits per heavy atom. The van der Waals surface area contributed by atoms with Crippen LogP contribution in [0.3, 0.4) is 0 Å². The van der Waals surface area contributed by atoms with Crippen molar-refractivity contribution in [2.75, 3.05) is 47.4 Å². The number of nitrogens with zero attached hydrogens (tertiary/aromatic N) is 6. The van der Waals surface area contributed by atoms with Gasteiger partial charge < -0.3 is 20.1 Å². The molecule has 39 heavy (non-hydrogen) atoms. The maximum absolute atomic E-state index is 11.8. The van der Waals surface area contributed by atoms with E-state index >= 15 is 0 Å². The van der Waals surface area contributed by atoms with E-state index in [1.807, 2.05) is 30.6 Å². The molecule has 4 heterocycles. The second kappa shape index (κ2) is 10.8. The molecule has 2 fully saturated rings. The lowest BCUT2D eigenvalue weighted by atomic mass is 10.1. The molecule has 1 aromatic carbocycles. The molecule has 1 aliphatic carbocycles. The van der Waals surface area contributed by atoms with Crippen LogP contribution in [-0.2, 0) is 16.6 Å². The summed E-state index contributed by atoms with van der Waals surface area (Å²) in [6, 6.07) is 11.6. The largest absolute Gasteiger partial charge is 0.364 e. The van der Waals surface area contributed by atoms with Gasteiger partial charge in [-0.3, -0.25) is 9.71 Å². The summed E-state index contributed by atoms with van der Waals surface area (Å²) in [4.78, 5) is 21.5. The van der Waals surface area contributed by atoms with Gasteiger partial charge in [0.2, 0.25) is 16.0 Å². The van der Waals surface area contributed by atoms with Crippen LogP contribution in [0.1, 0.15) is 37.3 Å². The number of pyridine rings is 1. The van der Waals surface area contributed by atoms with Gasteiger partial charge in [0.15, 0.2) is 17.0 Å². The van der Waals surface area contributed by atoms with Crippen molar-refractivity contribution in [3.63, 3.8) is 0 Å². The molecule has 204 valence electrons. The molecule has 11 nitrogen and oxygen atoms in total. The number of nitrogens with one attached hydrogen (secondary N) is 3. The van der Waals surface area contributed by atoms with Crippen molar-refractivity contribution in [2.45, 2.75) is 38.3 Å². The fourth-order valence-electron chi connectivity index (χ4n) is 5.35. The second-order valence-electron chi connectivity index (χ2n) is 10.2. The van der Waals surface area contributed by atoms with Gasteiger partial charge in [-0.15, -0.1) is 0 Å². The van der Waals surface area contributed by atoms with E-state index in [1.165, 1.54) is 12.8 Å². The molecule has 1 saturated carbocycles. The van der Waals surface area contributed by atoms with Gasteiger partial charge >= 0.3 is 0 Å². The first kappa shape index (κ1) is 25.5. The zero-order chi connectivity index (χ0) is 26.8. The van der Waals surface area contributed by atoms with Gasteiger partial charge in [0.1, 0.15) is 0 Å². The topological polar surface area (TPSA) is 130 Å². The smallest absolute Gasteiger partial charge is 0.229 e. The van der Waals surface area contributed by atoms with E-state index in [4.69, 9.17) is 15.0 Å². The van der Waals surface area contributed by atoms with Gasteiger partial charge in [0.05, 0.1) is 24.0 Å². The predicted octanol–water partition coefficient (Wildman–Crippen LogP) is 3.40. The van der Waals surface area contributed by atoms with Crippen molar-refractivity contribution < 1.29 is 8.42 Å². The number of hydrogen-bond acceptors (Lipinski definition) is 9. The summed E-state index contributed by atoms with van der Waals surface area (Å²) in [6.45, 7) is 4.06. The minimum absolute atomic E-state index is 0.436. The molecular formula is C27H33N9O2S. The van der Waals surface area contributed by atoms with E-state index in [-0.39, 0.29) is 0 Å². The van der Waals surface area contributed by atoms with E-state index in [2.05, 4.69) is 29.8 Å². The van der Waals surface area contributed by atoms with Crippen molar-refractivity contribution in [1.82, 2.24) is 29.8 Å². The van der Waals surface area contributed by atoms with Gasteiger partial charge in [-0.2, -0.15) is 9.97 Å². The Morgan fingerprint density at radius 3 is 2.56 bits per heavy atom. The number of anilines is 3. The molecular weight excluding hydrogens is 514 g/mol. The van der Waals surface area contributed by atoms with Crippen LogP contribution in [0, 0.1) is 0 Å². The monoisotopic (exact) mass is 547 g/mol. The first-order valence-electron chi connectivity index (χ1n) is 13.4. The van der Waals surface area contributed by atoms with Gasteiger partial charge in [0, 0.05) is 50.5 Å². The number of sulfonamides is 1. The molecule has 0 unspecified atom stereocenters. The summed E-state index contributed by atoms with van der Waals surface area (Å²) < 4.78 is 28.4. The summed E-state index contributed by atoms with van der Waals surface area (Å²) in [5.41, 5.74) is 4.55. The van der Waals surface area contributed by atoms with Gasteiger partial charge in [0.25, 0.3) is 0 Å². The van der Waals surface area contributed by atoms with Crippen LogP contribution < -0.4 is 20.3 Å². The molecule has 4 aromatic rings. The Kier molecular flexibility index (Phi) is 7.05. The number of para-hydroxylation sites is 1. The highest BCUT2D eigenvalue weighted by Gasteiger charge is 2.23. The molecule has 3 aromatic heterocycles. The van der Waals surface area contributed by atoms with Crippen LogP contribution >= 0.6 is 0 Å². The molecule has 6 rings (SSSR count). The second-order valence-corrected chi connectivity index (χ2v) is 11.9. The number of hydrogen-bond donors (Lipinski definition) is 3. The van der Waals surface area contributed by atoms with Crippen LogP contribution in [0.15, 0.2) is 48.9 Å². The molecule has 0 spiro atoms. The third kappa shape index (κ3) is 5.66. The summed E-state index contributed by atoms with van der Waals surface area (Å²) in [5, 5.41) is 6.88. The fourth-order valence-corrected chi connectivity index (χ4v) is 5.93. The van der Waals surface area contributed by atoms with Crippen molar-refractivity contribution >= 4 is 38.6 Å². The number of rotatable bonds is 8. The molecule has 1 saturated heterocycles. The zero-order valence-corrected chi connectivity index (χ0v) is 22.8.